The van der Waals surface area contributed by atoms with Gasteiger partial charge in [-0.25, -0.2) is 9.78 Å². The summed E-state index contributed by atoms with van der Waals surface area (Å²) in [6, 6.07) is 0. The zero-order valence-corrected chi connectivity index (χ0v) is 14.3. The summed E-state index contributed by atoms with van der Waals surface area (Å²) in [7, 11) is 0. The van der Waals surface area contributed by atoms with Gasteiger partial charge in [0.15, 0.2) is 10.2 Å². The van der Waals surface area contributed by atoms with Gasteiger partial charge in [0.25, 0.3) is 0 Å². The number of amides is 1. The van der Waals surface area contributed by atoms with Crippen molar-refractivity contribution in [2.75, 3.05) is 11.1 Å². The van der Waals surface area contributed by atoms with Crippen molar-refractivity contribution in [2.24, 2.45) is 0 Å². The highest BCUT2D eigenvalue weighted by Crippen LogP contribution is 2.20. The molecule has 0 aromatic carbocycles. The van der Waals surface area contributed by atoms with Crippen LogP contribution in [0.1, 0.15) is 39.0 Å². The summed E-state index contributed by atoms with van der Waals surface area (Å²) in [6.07, 6.45) is 5.91. The number of nitrogens with one attached hydrogen (secondary N) is 1. The van der Waals surface area contributed by atoms with Gasteiger partial charge in [-0.05, 0) is 33.3 Å². The lowest BCUT2D eigenvalue weighted by Gasteiger charge is -2.18. The lowest BCUT2D eigenvalue weighted by molar-refractivity contribution is -0.109. The van der Waals surface area contributed by atoms with Crippen LogP contribution in [0.3, 0.4) is 0 Å². The maximum absolute atomic E-state index is 11.6. The third kappa shape index (κ3) is 8.52. The van der Waals surface area contributed by atoms with Gasteiger partial charge < -0.3 is 4.74 Å². The van der Waals surface area contributed by atoms with E-state index >= 15 is 0 Å². The van der Waals surface area contributed by atoms with Gasteiger partial charge >= 0.3 is 6.09 Å². The smallest absolute Gasteiger partial charge is 0.413 e. The lowest BCUT2D eigenvalue weighted by Crippen LogP contribution is -2.27. The number of hydrogen-bond acceptors (Lipinski definition) is 6. The van der Waals surface area contributed by atoms with Crippen molar-refractivity contribution >= 4 is 45.5 Å². The van der Waals surface area contributed by atoms with Crippen molar-refractivity contribution in [3.8, 4) is 0 Å². The molecule has 0 fully saturated rings. The van der Waals surface area contributed by atoms with Crippen LogP contribution in [0.25, 0.3) is 6.08 Å². The molecular formula is C14H20N2O3S2. The van der Waals surface area contributed by atoms with Gasteiger partial charge in [0.1, 0.15) is 5.60 Å². The molecule has 1 N–H and O–H groups in total. The topological polar surface area (TPSA) is 68.3 Å². The molecule has 1 heterocycles. The van der Waals surface area contributed by atoms with Crippen molar-refractivity contribution in [2.45, 2.75) is 39.7 Å². The Labute approximate surface area is 133 Å². The minimum absolute atomic E-state index is 0.130. The van der Waals surface area contributed by atoms with Gasteiger partial charge in [0.2, 0.25) is 0 Å². The second kappa shape index (κ2) is 8.19. The maximum Gasteiger partial charge on any atom is 0.413 e. The van der Waals surface area contributed by atoms with Crippen molar-refractivity contribution < 1.29 is 14.3 Å². The quantitative estimate of drug-likeness (QED) is 0.821. The fraction of sp³-hybridized carbons (Fsp3) is 0.500. The van der Waals surface area contributed by atoms with Crippen LogP contribution < -0.4 is 5.32 Å². The molecule has 1 aromatic rings. The number of nitrogens with zero attached hydrogens (tertiary/aromatic N) is 1. The Bertz CT molecular complexity index is 519. The minimum atomic E-state index is -0.529. The second-order valence-corrected chi connectivity index (χ2v) is 7.56. The summed E-state index contributed by atoms with van der Waals surface area (Å²) in [5.74, 6) is 0.771. The van der Waals surface area contributed by atoms with Crippen molar-refractivity contribution in [1.29, 1.82) is 0 Å². The number of aromatic nitrogens is 1. The predicted octanol–water partition coefficient (Wildman–Crippen LogP) is 4.17. The Morgan fingerprint density at radius 3 is 2.81 bits per heavy atom. The van der Waals surface area contributed by atoms with E-state index in [2.05, 4.69) is 10.3 Å². The van der Waals surface area contributed by atoms with Gasteiger partial charge in [-0.1, -0.05) is 29.2 Å². The molecule has 5 nitrogen and oxygen atoms in total. The number of thioether (sulfide) groups is 1. The molecule has 1 amide bonds. The first-order valence-electron chi connectivity index (χ1n) is 6.52. The van der Waals surface area contributed by atoms with Crippen molar-refractivity contribution in [3.63, 3.8) is 0 Å². The molecular weight excluding hydrogens is 308 g/mol. The highest BCUT2D eigenvalue weighted by Gasteiger charge is 2.16. The number of carbonyl (C=O) groups is 2. The Morgan fingerprint density at radius 1 is 1.48 bits per heavy atom. The molecule has 0 aliphatic rings. The first kappa shape index (κ1) is 17.7. The average Bonchev–Trinajstić information content (AvgIpc) is 2.73. The summed E-state index contributed by atoms with van der Waals surface area (Å²) in [4.78, 5) is 27.4. The largest absolute Gasteiger partial charge is 0.444 e. The van der Waals surface area contributed by atoms with Crippen LogP contribution in [0.5, 0.6) is 0 Å². The van der Waals surface area contributed by atoms with E-state index in [-0.39, 0.29) is 5.12 Å². The van der Waals surface area contributed by atoms with E-state index in [1.807, 2.05) is 32.9 Å². The van der Waals surface area contributed by atoms with E-state index in [1.165, 1.54) is 23.1 Å². The third-order valence-corrected chi connectivity index (χ3v) is 3.73. The first-order chi connectivity index (χ1) is 9.76. The van der Waals surface area contributed by atoms with E-state index in [0.29, 0.717) is 5.13 Å². The van der Waals surface area contributed by atoms with E-state index in [0.717, 1.165) is 17.1 Å². The Balaban J connectivity index is 2.41. The molecule has 0 bridgehead atoms. The summed E-state index contributed by atoms with van der Waals surface area (Å²) in [6.45, 7) is 6.98. The van der Waals surface area contributed by atoms with Crippen LogP contribution in [-0.2, 0) is 9.53 Å². The molecule has 7 heteroatoms. The number of allylic oxidation sites excluding steroid dienone is 1. The van der Waals surface area contributed by atoms with Crippen LogP contribution in [0.15, 0.2) is 12.3 Å². The molecule has 0 saturated heterocycles. The zero-order chi connectivity index (χ0) is 15.9. The Kier molecular flexibility index (Phi) is 6.91. The standard InChI is InChI=1S/C14H20N2O3S2/c1-10(17)20-8-6-5-7-11-9-15-12(21-11)16-13(18)19-14(2,3)4/h5,7,9H,6,8H2,1-4H3,(H,15,16,18). The summed E-state index contributed by atoms with van der Waals surface area (Å²) >= 11 is 2.68. The van der Waals surface area contributed by atoms with E-state index < -0.39 is 11.7 Å². The summed E-state index contributed by atoms with van der Waals surface area (Å²) < 4.78 is 5.15. The summed E-state index contributed by atoms with van der Waals surface area (Å²) in [5.41, 5.74) is -0.529. The number of ether oxygens (including phenoxy) is 1. The number of carbonyl (C=O) groups excluding carboxylic acids is 2. The van der Waals surface area contributed by atoms with Gasteiger partial charge in [-0.15, -0.1) is 0 Å². The van der Waals surface area contributed by atoms with E-state index in [1.54, 1.807) is 13.1 Å². The third-order valence-electron chi connectivity index (χ3n) is 2.00. The van der Waals surface area contributed by atoms with Crippen LogP contribution in [0.4, 0.5) is 9.93 Å². The highest BCUT2D eigenvalue weighted by molar-refractivity contribution is 8.13. The first-order valence-corrected chi connectivity index (χ1v) is 8.32. The van der Waals surface area contributed by atoms with E-state index in [4.69, 9.17) is 4.74 Å². The monoisotopic (exact) mass is 328 g/mol. The number of rotatable bonds is 5. The van der Waals surface area contributed by atoms with Gasteiger partial charge in [-0.3, -0.25) is 10.1 Å². The normalized spacial score (nSPS) is 11.6. The lowest BCUT2D eigenvalue weighted by atomic mass is 10.2. The molecule has 116 valence electrons. The maximum atomic E-state index is 11.6. The minimum Gasteiger partial charge on any atom is -0.444 e. The molecule has 1 rings (SSSR count). The van der Waals surface area contributed by atoms with Gasteiger partial charge in [-0.2, -0.15) is 0 Å². The molecule has 0 saturated carbocycles. The fourth-order valence-electron chi connectivity index (χ4n) is 1.28. The van der Waals surface area contributed by atoms with Crippen LogP contribution in [-0.4, -0.2) is 27.5 Å². The fourth-order valence-corrected chi connectivity index (χ4v) is 2.56. The molecule has 0 aliphatic carbocycles. The molecule has 21 heavy (non-hydrogen) atoms. The van der Waals surface area contributed by atoms with Gasteiger partial charge in [0.05, 0.1) is 0 Å². The Morgan fingerprint density at radius 2 is 2.19 bits per heavy atom. The van der Waals surface area contributed by atoms with Crippen molar-refractivity contribution in [3.05, 3.63) is 17.2 Å². The zero-order valence-electron chi connectivity index (χ0n) is 12.6. The molecule has 0 atom stereocenters. The molecule has 0 unspecified atom stereocenters. The molecule has 0 aliphatic heterocycles. The number of thiazole rings is 1. The Hall–Kier alpha value is -1.34. The van der Waals surface area contributed by atoms with Gasteiger partial charge in [0, 0.05) is 23.8 Å². The van der Waals surface area contributed by atoms with Crippen LogP contribution >= 0.6 is 23.1 Å². The average molecular weight is 328 g/mol. The number of hydrogen-bond donors (Lipinski definition) is 1. The van der Waals surface area contributed by atoms with E-state index in [9.17, 15) is 9.59 Å². The van der Waals surface area contributed by atoms with Crippen LogP contribution in [0, 0.1) is 0 Å². The summed E-state index contributed by atoms with van der Waals surface area (Å²) in [5, 5.41) is 3.23. The SMILES string of the molecule is CC(=O)SCCC=Cc1cnc(NC(=O)OC(C)(C)C)s1. The molecule has 0 radical (unpaired) electrons. The highest BCUT2D eigenvalue weighted by atomic mass is 32.2. The molecule has 0 spiro atoms. The predicted molar refractivity (Wildman–Crippen MR) is 88.8 cm³/mol. The second-order valence-electron chi connectivity index (χ2n) is 5.23. The number of anilines is 1. The van der Waals surface area contributed by atoms with Crippen molar-refractivity contribution in [1.82, 2.24) is 4.98 Å². The van der Waals surface area contributed by atoms with Crippen LogP contribution in [0.2, 0.25) is 0 Å². The molecule has 1 aromatic heterocycles.